The number of aromatic amines is 1. The first-order valence-corrected chi connectivity index (χ1v) is 6.30. The molecule has 0 amide bonds. The minimum absolute atomic E-state index is 0.0165. The number of carbonyl (C=O) groups excluding carboxylic acids is 2. The molecule has 0 atom stereocenters. The number of carbonyl (C=O) groups is 2. The number of H-pyrrole nitrogens is 1. The van der Waals surface area contributed by atoms with E-state index >= 15 is 0 Å². The van der Waals surface area contributed by atoms with Gasteiger partial charge in [-0.2, -0.15) is 0 Å². The van der Waals surface area contributed by atoms with Crippen LogP contribution in [0.5, 0.6) is 0 Å². The molecule has 1 aromatic carbocycles. The van der Waals surface area contributed by atoms with Gasteiger partial charge in [-0.25, -0.2) is 0 Å². The van der Waals surface area contributed by atoms with Crippen molar-refractivity contribution in [3.05, 3.63) is 35.0 Å². The first-order valence-electron chi connectivity index (χ1n) is 6.30. The quantitative estimate of drug-likeness (QED) is 0.678. The minimum atomic E-state index is -0.250. The van der Waals surface area contributed by atoms with Crippen molar-refractivity contribution in [2.75, 3.05) is 6.61 Å². The predicted molar refractivity (Wildman–Crippen MR) is 73.4 cm³/mol. The van der Waals surface area contributed by atoms with E-state index < -0.39 is 0 Å². The highest BCUT2D eigenvalue weighted by molar-refractivity contribution is 5.99. The molecule has 0 saturated heterocycles. The van der Waals surface area contributed by atoms with Gasteiger partial charge in [0, 0.05) is 22.2 Å². The summed E-state index contributed by atoms with van der Waals surface area (Å²) in [6.07, 6.45) is 0.223. The van der Waals surface area contributed by atoms with E-state index in [-0.39, 0.29) is 18.2 Å². The van der Waals surface area contributed by atoms with Gasteiger partial charge < -0.3 is 9.72 Å². The molecule has 0 aliphatic carbocycles. The Balaban J connectivity index is 2.46. The number of ketones is 1. The maximum atomic E-state index is 11.6. The van der Waals surface area contributed by atoms with E-state index in [1.165, 1.54) is 6.92 Å². The summed E-state index contributed by atoms with van der Waals surface area (Å²) in [4.78, 5) is 26.3. The second-order valence-electron chi connectivity index (χ2n) is 4.53. The molecule has 0 unspecified atom stereocenters. The summed E-state index contributed by atoms with van der Waals surface area (Å²) in [5.41, 5.74) is 3.42. The summed E-state index contributed by atoms with van der Waals surface area (Å²) in [6.45, 7) is 5.61. The number of hydrogen-bond donors (Lipinski definition) is 1. The normalized spacial score (nSPS) is 10.7. The number of aromatic nitrogens is 1. The van der Waals surface area contributed by atoms with Crippen LogP contribution in [0.25, 0.3) is 10.9 Å². The fraction of sp³-hybridized carbons (Fsp3) is 0.333. The van der Waals surface area contributed by atoms with Crippen LogP contribution in [0.1, 0.15) is 35.5 Å². The first kappa shape index (κ1) is 13.3. The number of benzene rings is 1. The van der Waals surface area contributed by atoms with Gasteiger partial charge in [-0.3, -0.25) is 9.59 Å². The Kier molecular flexibility index (Phi) is 3.69. The van der Waals surface area contributed by atoms with Gasteiger partial charge in [0.05, 0.1) is 13.0 Å². The van der Waals surface area contributed by atoms with Gasteiger partial charge in [-0.1, -0.05) is 0 Å². The Labute approximate surface area is 111 Å². The Bertz CT molecular complexity index is 640. The fourth-order valence-electron chi connectivity index (χ4n) is 2.19. The van der Waals surface area contributed by atoms with Crippen molar-refractivity contribution in [2.45, 2.75) is 27.2 Å². The average molecular weight is 259 g/mol. The molecule has 0 bridgehead atoms. The maximum Gasteiger partial charge on any atom is 0.310 e. The number of aryl methyl sites for hydroxylation is 1. The SMILES string of the molecule is CCOC(=O)Cc1c(C)[nH]c2ccc(C(C)=O)cc12. The standard InChI is InChI=1S/C15H17NO3/c1-4-19-15(18)8-12-9(2)16-14-6-5-11(10(3)17)7-13(12)14/h5-7,16H,4,8H2,1-3H3. The summed E-state index contributed by atoms with van der Waals surface area (Å²) < 4.78 is 4.98. The third-order valence-electron chi connectivity index (χ3n) is 3.15. The Hall–Kier alpha value is -2.10. The van der Waals surface area contributed by atoms with Crippen LogP contribution in [0.2, 0.25) is 0 Å². The van der Waals surface area contributed by atoms with Crippen LogP contribution in [0.4, 0.5) is 0 Å². The van der Waals surface area contributed by atoms with Gasteiger partial charge in [0.2, 0.25) is 0 Å². The average Bonchev–Trinajstić information content (AvgIpc) is 2.65. The molecule has 4 nitrogen and oxygen atoms in total. The molecule has 0 fully saturated rings. The van der Waals surface area contributed by atoms with Gasteiger partial charge in [-0.15, -0.1) is 0 Å². The second kappa shape index (κ2) is 5.26. The Morgan fingerprint density at radius 2 is 2.05 bits per heavy atom. The summed E-state index contributed by atoms with van der Waals surface area (Å²) >= 11 is 0. The third kappa shape index (κ3) is 2.67. The lowest BCUT2D eigenvalue weighted by atomic mass is 10.0. The molecule has 0 radical (unpaired) electrons. The maximum absolute atomic E-state index is 11.6. The zero-order chi connectivity index (χ0) is 14.0. The lowest BCUT2D eigenvalue weighted by Gasteiger charge is -2.03. The van der Waals surface area contributed by atoms with Crippen LogP contribution in [0.3, 0.4) is 0 Å². The predicted octanol–water partition coefficient (Wildman–Crippen LogP) is 2.78. The van der Waals surface area contributed by atoms with Crippen LogP contribution in [0.15, 0.2) is 18.2 Å². The van der Waals surface area contributed by atoms with Crippen LogP contribution in [0, 0.1) is 6.92 Å². The highest BCUT2D eigenvalue weighted by atomic mass is 16.5. The number of fused-ring (bicyclic) bond motifs is 1. The number of Topliss-reactive ketones (excluding diaryl/α,β-unsaturated/α-hetero) is 1. The second-order valence-corrected chi connectivity index (χ2v) is 4.53. The van der Waals surface area contributed by atoms with Gasteiger partial charge in [0.25, 0.3) is 0 Å². The molecule has 1 aromatic heterocycles. The Morgan fingerprint density at radius 3 is 2.68 bits per heavy atom. The molecule has 100 valence electrons. The van der Waals surface area contributed by atoms with E-state index in [1.54, 1.807) is 13.0 Å². The van der Waals surface area contributed by atoms with Crippen LogP contribution >= 0.6 is 0 Å². The smallest absolute Gasteiger partial charge is 0.310 e. The highest BCUT2D eigenvalue weighted by Crippen LogP contribution is 2.24. The van der Waals surface area contributed by atoms with Crippen molar-refractivity contribution in [1.82, 2.24) is 4.98 Å². The molecule has 0 aliphatic rings. The number of hydrogen-bond acceptors (Lipinski definition) is 3. The van der Waals surface area contributed by atoms with Gasteiger partial charge in [0.15, 0.2) is 5.78 Å². The minimum Gasteiger partial charge on any atom is -0.466 e. The molecule has 0 aliphatic heterocycles. The number of rotatable bonds is 4. The molecule has 0 saturated carbocycles. The molecule has 1 heterocycles. The molecule has 0 spiro atoms. The van der Waals surface area contributed by atoms with Crippen molar-refractivity contribution in [2.24, 2.45) is 0 Å². The van der Waals surface area contributed by atoms with Gasteiger partial charge in [-0.05, 0) is 44.5 Å². The van der Waals surface area contributed by atoms with Crippen molar-refractivity contribution in [3.8, 4) is 0 Å². The van der Waals surface area contributed by atoms with E-state index in [2.05, 4.69) is 4.98 Å². The zero-order valence-electron chi connectivity index (χ0n) is 11.4. The van der Waals surface area contributed by atoms with Gasteiger partial charge in [0.1, 0.15) is 0 Å². The van der Waals surface area contributed by atoms with E-state index in [0.29, 0.717) is 12.2 Å². The van der Waals surface area contributed by atoms with Crippen molar-refractivity contribution < 1.29 is 14.3 Å². The van der Waals surface area contributed by atoms with Crippen molar-refractivity contribution in [1.29, 1.82) is 0 Å². The van der Waals surface area contributed by atoms with E-state index in [1.807, 2.05) is 19.1 Å². The monoisotopic (exact) mass is 259 g/mol. The van der Waals surface area contributed by atoms with E-state index in [4.69, 9.17) is 4.74 Å². The third-order valence-corrected chi connectivity index (χ3v) is 3.15. The number of esters is 1. The summed E-state index contributed by atoms with van der Waals surface area (Å²) in [6, 6.07) is 5.48. The fourth-order valence-corrected chi connectivity index (χ4v) is 2.19. The lowest BCUT2D eigenvalue weighted by Crippen LogP contribution is -2.08. The molecule has 2 aromatic rings. The molecular weight excluding hydrogens is 242 g/mol. The van der Waals surface area contributed by atoms with E-state index in [0.717, 1.165) is 22.2 Å². The van der Waals surface area contributed by atoms with Crippen molar-refractivity contribution >= 4 is 22.7 Å². The van der Waals surface area contributed by atoms with Crippen LogP contribution in [-0.4, -0.2) is 23.3 Å². The molecular formula is C15H17NO3. The zero-order valence-corrected chi connectivity index (χ0v) is 11.4. The van der Waals surface area contributed by atoms with Crippen molar-refractivity contribution in [3.63, 3.8) is 0 Å². The first-order chi connectivity index (χ1) is 9.02. The van der Waals surface area contributed by atoms with Gasteiger partial charge >= 0.3 is 5.97 Å². The molecule has 2 rings (SSSR count). The number of nitrogens with one attached hydrogen (secondary N) is 1. The summed E-state index contributed by atoms with van der Waals surface area (Å²) in [5.74, 6) is -0.234. The van der Waals surface area contributed by atoms with Crippen LogP contribution in [-0.2, 0) is 16.0 Å². The Morgan fingerprint density at radius 1 is 1.32 bits per heavy atom. The number of ether oxygens (including phenoxy) is 1. The topological polar surface area (TPSA) is 59.2 Å². The van der Waals surface area contributed by atoms with Crippen LogP contribution < -0.4 is 0 Å². The summed E-state index contributed by atoms with van der Waals surface area (Å²) in [7, 11) is 0. The van der Waals surface area contributed by atoms with E-state index in [9.17, 15) is 9.59 Å². The largest absolute Gasteiger partial charge is 0.466 e. The highest BCUT2D eigenvalue weighted by Gasteiger charge is 2.14. The summed E-state index contributed by atoms with van der Waals surface area (Å²) in [5, 5.41) is 0.915. The molecule has 4 heteroatoms. The lowest BCUT2D eigenvalue weighted by molar-refractivity contribution is -0.142. The molecule has 19 heavy (non-hydrogen) atoms. The molecule has 1 N–H and O–H groups in total.